The van der Waals surface area contributed by atoms with Gasteiger partial charge < -0.3 is 15.1 Å². The average molecular weight is 374 g/mol. The molecule has 0 saturated carbocycles. The third kappa shape index (κ3) is 4.57. The van der Waals surface area contributed by atoms with E-state index in [-0.39, 0.29) is 11.6 Å². The molecule has 0 atom stereocenters. The molecule has 0 saturated heterocycles. The number of amides is 2. The Morgan fingerprint density at radius 1 is 0.893 bits per heavy atom. The lowest BCUT2D eigenvalue weighted by atomic mass is 10.1. The van der Waals surface area contributed by atoms with Gasteiger partial charge in [-0.25, -0.2) is 0 Å². The fourth-order valence-electron chi connectivity index (χ4n) is 2.71. The molecule has 0 spiro atoms. The lowest BCUT2D eigenvalue weighted by Crippen LogP contribution is -2.31. The van der Waals surface area contributed by atoms with Gasteiger partial charge in [0.2, 0.25) is 0 Å². The second kappa shape index (κ2) is 8.39. The molecule has 0 unspecified atom stereocenters. The van der Waals surface area contributed by atoms with Crippen molar-refractivity contribution in [1.29, 1.82) is 0 Å². The highest BCUT2D eigenvalue weighted by Crippen LogP contribution is 2.16. The zero-order valence-corrected chi connectivity index (χ0v) is 16.1. The van der Waals surface area contributed by atoms with Crippen molar-refractivity contribution in [2.24, 2.45) is 0 Å². The SMILES string of the molecule is Cc1ccc(NC(=O)/C(=C/c2ccco2)NC(=O)c2ccccc2C)cc1C. The summed E-state index contributed by atoms with van der Waals surface area (Å²) in [6, 6.07) is 16.3. The smallest absolute Gasteiger partial charge is 0.272 e. The summed E-state index contributed by atoms with van der Waals surface area (Å²) < 4.78 is 5.30. The Morgan fingerprint density at radius 2 is 1.68 bits per heavy atom. The van der Waals surface area contributed by atoms with E-state index < -0.39 is 5.91 Å². The molecule has 3 rings (SSSR count). The fourth-order valence-corrected chi connectivity index (χ4v) is 2.71. The van der Waals surface area contributed by atoms with Crippen molar-refractivity contribution in [1.82, 2.24) is 5.32 Å². The molecular formula is C23H22N2O3. The van der Waals surface area contributed by atoms with Crippen LogP contribution in [-0.2, 0) is 4.79 Å². The van der Waals surface area contributed by atoms with Crippen molar-refractivity contribution in [3.63, 3.8) is 0 Å². The summed E-state index contributed by atoms with van der Waals surface area (Å²) >= 11 is 0. The molecule has 5 heteroatoms. The zero-order chi connectivity index (χ0) is 20.1. The second-order valence-electron chi connectivity index (χ2n) is 6.60. The van der Waals surface area contributed by atoms with Crippen molar-refractivity contribution in [2.75, 3.05) is 5.32 Å². The van der Waals surface area contributed by atoms with E-state index in [9.17, 15) is 9.59 Å². The standard InChI is InChI=1S/C23H22N2O3/c1-15-10-11-18(13-17(15)3)24-23(27)21(14-19-8-6-12-28-19)25-22(26)20-9-5-4-7-16(20)2/h4-14H,1-3H3,(H,24,27)(H,25,26)/b21-14-. The van der Waals surface area contributed by atoms with Gasteiger partial charge in [-0.1, -0.05) is 24.3 Å². The Balaban J connectivity index is 1.86. The highest BCUT2D eigenvalue weighted by Gasteiger charge is 2.17. The van der Waals surface area contributed by atoms with Crippen LogP contribution in [0.15, 0.2) is 71.0 Å². The van der Waals surface area contributed by atoms with Crippen molar-refractivity contribution in [3.05, 3.63) is 94.6 Å². The van der Waals surface area contributed by atoms with Gasteiger partial charge in [0.1, 0.15) is 11.5 Å². The molecule has 0 aliphatic rings. The van der Waals surface area contributed by atoms with E-state index in [4.69, 9.17) is 4.42 Å². The zero-order valence-electron chi connectivity index (χ0n) is 16.1. The largest absolute Gasteiger partial charge is 0.465 e. The molecule has 3 aromatic rings. The monoisotopic (exact) mass is 374 g/mol. The van der Waals surface area contributed by atoms with Crippen LogP contribution in [0.3, 0.4) is 0 Å². The summed E-state index contributed by atoms with van der Waals surface area (Å²) in [4.78, 5) is 25.5. The van der Waals surface area contributed by atoms with E-state index in [1.54, 1.807) is 24.3 Å². The molecule has 2 N–H and O–H groups in total. The van der Waals surface area contributed by atoms with Gasteiger partial charge in [0.05, 0.1) is 6.26 Å². The summed E-state index contributed by atoms with van der Waals surface area (Å²) in [5, 5.41) is 5.54. The molecule has 0 aliphatic carbocycles. The Morgan fingerprint density at radius 3 is 2.36 bits per heavy atom. The van der Waals surface area contributed by atoms with Crippen LogP contribution >= 0.6 is 0 Å². The molecule has 2 amide bonds. The number of benzene rings is 2. The Hall–Kier alpha value is -3.60. The second-order valence-corrected chi connectivity index (χ2v) is 6.60. The van der Waals surface area contributed by atoms with Crippen molar-refractivity contribution < 1.29 is 14.0 Å². The molecule has 1 aromatic heterocycles. The van der Waals surface area contributed by atoms with E-state index in [0.717, 1.165) is 16.7 Å². The highest BCUT2D eigenvalue weighted by molar-refractivity contribution is 6.10. The Labute approximate surface area is 164 Å². The molecule has 5 nitrogen and oxygen atoms in total. The predicted molar refractivity (Wildman–Crippen MR) is 110 cm³/mol. The lowest BCUT2D eigenvalue weighted by molar-refractivity contribution is -0.113. The first kappa shape index (κ1) is 19.2. The van der Waals surface area contributed by atoms with E-state index in [1.165, 1.54) is 12.3 Å². The van der Waals surface area contributed by atoms with Crippen LogP contribution in [0.5, 0.6) is 0 Å². The third-order valence-electron chi connectivity index (χ3n) is 4.48. The van der Waals surface area contributed by atoms with Crippen molar-refractivity contribution in [2.45, 2.75) is 20.8 Å². The van der Waals surface area contributed by atoms with E-state index in [0.29, 0.717) is 17.0 Å². The van der Waals surface area contributed by atoms with Crippen molar-refractivity contribution in [3.8, 4) is 0 Å². The van der Waals surface area contributed by atoms with Gasteiger partial charge in [-0.2, -0.15) is 0 Å². The molecule has 0 radical (unpaired) electrons. The summed E-state index contributed by atoms with van der Waals surface area (Å²) in [6.45, 7) is 5.83. The normalized spacial score (nSPS) is 11.2. The van der Waals surface area contributed by atoms with E-state index in [1.807, 2.05) is 51.1 Å². The van der Waals surface area contributed by atoms with Gasteiger partial charge in [0, 0.05) is 17.3 Å². The molecule has 1 heterocycles. The maximum Gasteiger partial charge on any atom is 0.272 e. The number of hydrogen-bond acceptors (Lipinski definition) is 3. The average Bonchev–Trinajstić information content (AvgIpc) is 3.17. The summed E-state index contributed by atoms with van der Waals surface area (Å²) in [7, 11) is 0. The third-order valence-corrected chi connectivity index (χ3v) is 4.48. The number of carbonyl (C=O) groups is 2. The van der Waals surface area contributed by atoms with E-state index in [2.05, 4.69) is 10.6 Å². The number of hydrogen-bond donors (Lipinski definition) is 2. The van der Waals surface area contributed by atoms with Gasteiger partial charge in [-0.3, -0.25) is 9.59 Å². The number of furan rings is 1. The van der Waals surface area contributed by atoms with Crippen LogP contribution < -0.4 is 10.6 Å². The first-order chi connectivity index (χ1) is 13.4. The van der Waals surface area contributed by atoms with Crippen LogP contribution in [0.4, 0.5) is 5.69 Å². The summed E-state index contributed by atoms with van der Waals surface area (Å²) in [6.07, 6.45) is 3.01. The van der Waals surface area contributed by atoms with Crippen LogP contribution in [0.2, 0.25) is 0 Å². The van der Waals surface area contributed by atoms with Crippen LogP contribution in [-0.4, -0.2) is 11.8 Å². The maximum absolute atomic E-state index is 12.9. The summed E-state index contributed by atoms with van der Waals surface area (Å²) in [5.41, 5.74) is 4.29. The number of aryl methyl sites for hydroxylation is 3. The molecule has 0 aliphatic heterocycles. The molecule has 0 fully saturated rings. The van der Waals surface area contributed by atoms with Crippen LogP contribution in [0.1, 0.15) is 32.8 Å². The minimum absolute atomic E-state index is 0.0985. The Kier molecular flexibility index (Phi) is 5.75. The first-order valence-corrected chi connectivity index (χ1v) is 8.95. The topological polar surface area (TPSA) is 71.3 Å². The molecule has 28 heavy (non-hydrogen) atoms. The summed E-state index contributed by atoms with van der Waals surface area (Å²) in [5.74, 6) is -0.317. The van der Waals surface area contributed by atoms with Crippen LogP contribution in [0, 0.1) is 20.8 Å². The fraction of sp³-hybridized carbons (Fsp3) is 0.130. The van der Waals surface area contributed by atoms with Crippen molar-refractivity contribution >= 4 is 23.6 Å². The van der Waals surface area contributed by atoms with Gasteiger partial charge in [0.15, 0.2) is 0 Å². The van der Waals surface area contributed by atoms with Gasteiger partial charge in [-0.15, -0.1) is 0 Å². The number of carbonyl (C=O) groups excluding carboxylic acids is 2. The molecular weight excluding hydrogens is 352 g/mol. The number of anilines is 1. The maximum atomic E-state index is 12.9. The van der Waals surface area contributed by atoms with Gasteiger partial charge in [0.25, 0.3) is 11.8 Å². The lowest BCUT2D eigenvalue weighted by Gasteiger charge is -2.12. The highest BCUT2D eigenvalue weighted by atomic mass is 16.3. The van der Waals surface area contributed by atoms with Crippen LogP contribution in [0.25, 0.3) is 6.08 Å². The van der Waals surface area contributed by atoms with E-state index >= 15 is 0 Å². The molecule has 0 bridgehead atoms. The van der Waals surface area contributed by atoms with Gasteiger partial charge in [-0.05, 0) is 67.8 Å². The van der Waals surface area contributed by atoms with Gasteiger partial charge >= 0.3 is 0 Å². The first-order valence-electron chi connectivity index (χ1n) is 8.95. The molecule has 142 valence electrons. The molecule has 2 aromatic carbocycles. The minimum Gasteiger partial charge on any atom is -0.465 e. The minimum atomic E-state index is -0.429. The predicted octanol–water partition coefficient (Wildman–Crippen LogP) is 4.61. The Bertz CT molecular complexity index is 1030. The quantitative estimate of drug-likeness (QED) is 0.641. The number of nitrogens with one attached hydrogen (secondary N) is 2. The number of rotatable bonds is 5.